The molecule has 30 heavy (non-hydrogen) atoms. The zero-order valence-electron chi connectivity index (χ0n) is 16.3. The molecule has 2 aromatic heterocycles. The number of benzene rings is 3. The van der Waals surface area contributed by atoms with Gasteiger partial charge < -0.3 is 0 Å². The summed E-state index contributed by atoms with van der Waals surface area (Å²) < 4.78 is 1.78. The van der Waals surface area contributed by atoms with E-state index in [1.165, 1.54) is 17.3 Å². The SMILES string of the molecule is Cc1ccc(-c2cnc(SCC(=O)n3c4ccccc4c4ccccc43)nn2)cc1. The zero-order chi connectivity index (χ0) is 20.5. The quantitative estimate of drug-likeness (QED) is 0.372. The van der Waals surface area contributed by atoms with Gasteiger partial charge in [-0.15, -0.1) is 10.2 Å². The van der Waals surface area contributed by atoms with Gasteiger partial charge in [0.15, 0.2) is 0 Å². The van der Waals surface area contributed by atoms with Gasteiger partial charge in [-0.25, -0.2) is 4.98 Å². The molecule has 0 bridgehead atoms. The highest BCUT2D eigenvalue weighted by atomic mass is 32.2. The highest BCUT2D eigenvalue weighted by molar-refractivity contribution is 7.99. The molecule has 0 spiro atoms. The Morgan fingerprint density at radius 2 is 1.50 bits per heavy atom. The molecule has 0 aliphatic heterocycles. The molecule has 6 heteroatoms. The molecule has 0 unspecified atom stereocenters. The molecule has 3 aromatic carbocycles. The topological polar surface area (TPSA) is 60.7 Å². The van der Waals surface area contributed by atoms with Crippen LogP contribution >= 0.6 is 11.8 Å². The number of thioether (sulfide) groups is 1. The first-order chi connectivity index (χ1) is 14.7. The van der Waals surface area contributed by atoms with Gasteiger partial charge in [-0.05, 0) is 19.1 Å². The molecule has 5 rings (SSSR count). The number of nitrogens with zero attached hydrogens (tertiary/aromatic N) is 4. The predicted octanol–water partition coefficient (Wildman–Crippen LogP) is 5.39. The molecule has 5 aromatic rings. The van der Waals surface area contributed by atoms with Crippen LogP contribution in [0.25, 0.3) is 33.1 Å². The standard InChI is InChI=1S/C24H18N4OS/c1-16-10-12-17(13-11-16)20-14-25-24(27-26-20)30-15-23(29)28-21-8-4-2-6-18(21)19-7-3-5-9-22(19)28/h2-14H,15H2,1H3. The third-order valence-corrected chi connectivity index (χ3v) is 5.88. The van der Waals surface area contributed by atoms with E-state index >= 15 is 0 Å². The number of para-hydroxylation sites is 2. The summed E-state index contributed by atoms with van der Waals surface area (Å²) in [5, 5.41) is 11.1. The van der Waals surface area contributed by atoms with Crippen molar-refractivity contribution < 1.29 is 4.79 Å². The summed E-state index contributed by atoms with van der Waals surface area (Å²) >= 11 is 1.30. The van der Waals surface area contributed by atoms with Gasteiger partial charge in [-0.1, -0.05) is 78.0 Å². The summed E-state index contributed by atoms with van der Waals surface area (Å²) in [4.78, 5) is 17.5. The lowest BCUT2D eigenvalue weighted by molar-refractivity contribution is 0.0951. The summed E-state index contributed by atoms with van der Waals surface area (Å²) in [6, 6.07) is 24.0. The van der Waals surface area contributed by atoms with Crippen molar-refractivity contribution in [2.75, 3.05) is 5.75 Å². The normalized spacial score (nSPS) is 11.2. The average molecular weight is 411 g/mol. The Morgan fingerprint density at radius 1 is 0.867 bits per heavy atom. The summed E-state index contributed by atoms with van der Waals surface area (Å²) in [7, 11) is 0. The molecule has 0 amide bonds. The molecule has 0 N–H and O–H groups in total. The summed E-state index contributed by atoms with van der Waals surface area (Å²) in [6.45, 7) is 2.04. The second-order valence-corrected chi connectivity index (χ2v) is 7.99. The fourth-order valence-electron chi connectivity index (χ4n) is 3.57. The first-order valence-corrected chi connectivity index (χ1v) is 10.6. The molecular weight excluding hydrogens is 392 g/mol. The third kappa shape index (κ3) is 3.35. The van der Waals surface area contributed by atoms with E-state index in [4.69, 9.17) is 0 Å². The Labute approximate surface area is 177 Å². The number of carbonyl (C=O) groups is 1. The maximum absolute atomic E-state index is 13.1. The van der Waals surface area contributed by atoms with Gasteiger partial charge in [-0.2, -0.15) is 0 Å². The smallest absolute Gasteiger partial charge is 0.242 e. The molecule has 0 saturated carbocycles. The van der Waals surface area contributed by atoms with Crippen LogP contribution in [0.1, 0.15) is 10.4 Å². The molecule has 2 heterocycles. The molecule has 0 aliphatic carbocycles. The van der Waals surface area contributed by atoms with Gasteiger partial charge in [0.1, 0.15) is 5.69 Å². The fraction of sp³-hybridized carbons (Fsp3) is 0.0833. The fourth-order valence-corrected chi connectivity index (χ4v) is 4.18. The van der Waals surface area contributed by atoms with Crippen LogP contribution < -0.4 is 0 Å². The van der Waals surface area contributed by atoms with Crippen LogP contribution in [0.4, 0.5) is 0 Å². The van der Waals surface area contributed by atoms with E-state index in [2.05, 4.69) is 15.2 Å². The minimum absolute atomic E-state index is 0.0105. The lowest BCUT2D eigenvalue weighted by Crippen LogP contribution is -2.13. The summed E-state index contributed by atoms with van der Waals surface area (Å²) in [6.07, 6.45) is 1.70. The minimum Gasteiger partial charge on any atom is -0.279 e. The predicted molar refractivity (Wildman–Crippen MR) is 121 cm³/mol. The van der Waals surface area contributed by atoms with Crippen molar-refractivity contribution in [1.82, 2.24) is 19.7 Å². The van der Waals surface area contributed by atoms with Gasteiger partial charge >= 0.3 is 0 Å². The van der Waals surface area contributed by atoms with E-state index < -0.39 is 0 Å². The van der Waals surface area contributed by atoms with E-state index in [1.54, 1.807) is 10.8 Å². The Bertz CT molecular complexity index is 1300. The largest absolute Gasteiger partial charge is 0.279 e. The molecule has 5 nitrogen and oxygen atoms in total. The van der Waals surface area contributed by atoms with Crippen LogP contribution in [-0.2, 0) is 0 Å². The average Bonchev–Trinajstić information content (AvgIpc) is 3.13. The minimum atomic E-state index is -0.0105. The molecule has 0 saturated heterocycles. The monoisotopic (exact) mass is 410 g/mol. The summed E-state index contributed by atoms with van der Waals surface area (Å²) in [5.41, 5.74) is 4.71. The Morgan fingerprint density at radius 3 is 2.10 bits per heavy atom. The van der Waals surface area contributed by atoms with Crippen LogP contribution in [0.15, 0.2) is 84.1 Å². The van der Waals surface area contributed by atoms with Crippen molar-refractivity contribution in [1.29, 1.82) is 0 Å². The van der Waals surface area contributed by atoms with Crippen LogP contribution in [0.3, 0.4) is 0 Å². The number of carbonyl (C=O) groups excluding carboxylic acids is 1. The highest BCUT2D eigenvalue weighted by Gasteiger charge is 2.16. The second-order valence-electron chi connectivity index (χ2n) is 7.04. The van der Waals surface area contributed by atoms with Gasteiger partial charge in [-0.3, -0.25) is 9.36 Å². The Kier molecular flexibility index (Phi) is 4.77. The molecular formula is C24H18N4OS. The van der Waals surface area contributed by atoms with Crippen molar-refractivity contribution in [2.24, 2.45) is 0 Å². The van der Waals surface area contributed by atoms with Crippen molar-refractivity contribution in [2.45, 2.75) is 12.1 Å². The van der Waals surface area contributed by atoms with E-state index in [9.17, 15) is 4.79 Å². The number of hydrogen-bond acceptors (Lipinski definition) is 5. The Hall–Kier alpha value is -3.51. The lowest BCUT2D eigenvalue weighted by Gasteiger charge is -2.06. The van der Waals surface area contributed by atoms with Gasteiger partial charge in [0.05, 0.1) is 23.0 Å². The van der Waals surface area contributed by atoms with Crippen LogP contribution in [0.2, 0.25) is 0 Å². The van der Waals surface area contributed by atoms with Crippen LogP contribution in [0, 0.1) is 6.92 Å². The molecule has 0 fully saturated rings. The number of rotatable bonds is 4. The van der Waals surface area contributed by atoms with Gasteiger partial charge in [0, 0.05) is 16.3 Å². The zero-order valence-corrected chi connectivity index (χ0v) is 17.1. The van der Waals surface area contributed by atoms with E-state index in [0.717, 1.165) is 27.4 Å². The maximum Gasteiger partial charge on any atom is 0.242 e. The number of aromatic nitrogens is 4. The maximum atomic E-state index is 13.1. The molecule has 0 atom stereocenters. The number of hydrogen-bond donors (Lipinski definition) is 0. The van der Waals surface area contributed by atoms with Gasteiger partial charge in [0.25, 0.3) is 0 Å². The van der Waals surface area contributed by atoms with Crippen LogP contribution in [0.5, 0.6) is 0 Å². The number of fused-ring (bicyclic) bond motifs is 3. The Balaban J connectivity index is 1.38. The lowest BCUT2D eigenvalue weighted by atomic mass is 10.1. The first kappa shape index (κ1) is 18.5. The second kappa shape index (κ2) is 7.72. The number of aryl methyl sites for hydroxylation is 1. The summed E-state index contributed by atoms with van der Waals surface area (Å²) in [5.74, 6) is 0.220. The van der Waals surface area contributed by atoms with Crippen molar-refractivity contribution in [3.05, 3.63) is 84.6 Å². The van der Waals surface area contributed by atoms with E-state index in [1.807, 2.05) is 79.7 Å². The van der Waals surface area contributed by atoms with E-state index in [0.29, 0.717) is 10.9 Å². The van der Waals surface area contributed by atoms with Gasteiger partial charge in [0.2, 0.25) is 11.1 Å². The van der Waals surface area contributed by atoms with Crippen molar-refractivity contribution in [3.8, 4) is 11.3 Å². The first-order valence-electron chi connectivity index (χ1n) is 9.62. The molecule has 0 radical (unpaired) electrons. The highest BCUT2D eigenvalue weighted by Crippen LogP contribution is 2.29. The van der Waals surface area contributed by atoms with Crippen molar-refractivity contribution in [3.63, 3.8) is 0 Å². The molecule has 146 valence electrons. The van der Waals surface area contributed by atoms with E-state index in [-0.39, 0.29) is 11.7 Å². The van der Waals surface area contributed by atoms with Crippen molar-refractivity contribution >= 4 is 39.5 Å². The van der Waals surface area contributed by atoms with Crippen LogP contribution in [-0.4, -0.2) is 31.4 Å². The molecule has 0 aliphatic rings. The third-order valence-electron chi connectivity index (χ3n) is 5.04.